The summed E-state index contributed by atoms with van der Waals surface area (Å²) >= 11 is 1.41. The highest BCUT2D eigenvalue weighted by Crippen LogP contribution is 2.32. The van der Waals surface area contributed by atoms with Crippen molar-refractivity contribution in [2.45, 2.75) is 37.3 Å². The van der Waals surface area contributed by atoms with Crippen LogP contribution < -0.4 is 0 Å². The van der Waals surface area contributed by atoms with E-state index in [4.69, 9.17) is 13.9 Å². The number of hydrogen-bond acceptors (Lipinski definition) is 7. The van der Waals surface area contributed by atoms with Gasteiger partial charge in [0.15, 0.2) is 22.5 Å². The molecule has 0 unspecified atom stereocenters. The molecule has 0 bridgehead atoms. The number of likely N-dealkylation sites (tertiary alicyclic amines) is 1. The molecule has 8 nitrogen and oxygen atoms in total. The van der Waals surface area contributed by atoms with E-state index in [0.29, 0.717) is 50.2 Å². The van der Waals surface area contributed by atoms with Crippen LogP contribution in [0, 0.1) is 0 Å². The Morgan fingerprint density at radius 2 is 2.04 bits per heavy atom. The summed E-state index contributed by atoms with van der Waals surface area (Å²) in [7, 11) is 0. The van der Waals surface area contributed by atoms with Gasteiger partial charge in [-0.05, 0) is 19.1 Å². The number of thioether (sulfide) groups is 1. The van der Waals surface area contributed by atoms with E-state index in [-0.39, 0.29) is 5.91 Å². The minimum Gasteiger partial charge on any atom is -0.461 e. The van der Waals surface area contributed by atoms with Gasteiger partial charge in [0, 0.05) is 32.5 Å². The first kappa shape index (κ1) is 17.6. The maximum absolute atomic E-state index is 12.6. The number of piperidine rings is 1. The zero-order valence-corrected chi connectivity index (χ0v) is 15.5. The molecular weight excluding hydrogens is 356 g/mol. The second kappa shape index (κ2) is 7.42. The lowest BCUT2D eigenvalue weighted by molar-refractivity contribution is -0.186. The van der Waals surface area contributed by atoms with Gasteiger partial charge in [-0.25, -0.2) is 0 Å². The van der Waals surface area contributed by atoms with Crippen molar-refractivity contribution in [3.63, 3.8) is 0 Å². The fourth-order valence-corrected chi connectivity index (χ4v) is 4.27. The van der Waals surface area contributed by atoms with Gasteiger partial charge in [0.25, 0.3) is 0 Å². The quantitative estimate of drug-likeness (QED) is 0.736. The fraction of sp³-hybridized carbons (Fsp3) is 0.588. The Morgan fingerprint density at radius 1 is 1.27 bits per heavy atom. The average molecular weight is 378 g/mol. The van der Waals surface area contributed by atoms with Gasteiger partial charge in [0.05, 0.1) is 25.2 Å². The Hall–Kier alpha value is -1.84. The van der Waals surface area contributed by atoms with Crippen molar-refractivity contribution < 1.29 is 18.7 Å². The van der Waals surface area contributed by atoms with Crippen LogP contribution in [0.1, 0.15) is 19.8 Å². The summed E-state index contributed by atoms with van der Waals surface area (Å²) in [4.78, 5) is 14.4. The molecule has 2 aliphatic heterocycles. The third kappa shape index (κ3) is 3.38. The Bertz CT molecular complexity index is 745. The molecule has 4 rings (SSSR count). The maximum atomic E-state index is 12.6. The predicted octanol–water partition coefficient (Wildman–Crippen LogP) is 2.02. The van der Waals surface area contributed by atoms with Crippen LogP contribution in [0.15, 0.2) is 28.0 Å². The molecule has 0 aromatic carbocycles. The Balaban J connectivity index is 1.35. The predicted molar refractivity (Wildman–Crippen MR) is 94.6 cm³/mol. The van der Waals surface area contributed by atoms with Gasteiger partial charge in [-0.3, -0.25) is 9.36 Å². The summed E-state index contributed by atoms with van der Waals surface area (Å²) in [6.07, 6.45) is 3.08. The average Bonchev–Trinajstić information content (AvgIpc) is 3.41. The molecule has 4 heterocycles. The van der Waals surface area contributed by atoms with Gasteiger partial charge < -0.3 is 18.8 Å². The maximum Gasteiger partial charge on any atom is 0.233 e. The molecule has 2 saturated heterocycles. The molecule has 1 spiro atoms. The van der Waals surface area contributed by atoms with Gasteiger partial charge in [-0.15, -0.1) is 10.2 Å². The number of nitrogens with zero attached hydrogens (tertiary/aromatic N) is 4. The first-order valence-electron chi connectivity index (χ1n) is 8.86. The summed E-state index contributed by atoms with van der Waals surface area (Å²) in [6.45, 7) is 5.35. The minimum absolute atomic E-state index is 0.105. The highest BCUT2D eigenvalue weighted by Gasteiger charge is 2.40. The van der Waals surface area contributed by atoms with Crippen LogP contribution in [0.3, 0.4) is 0 Å². The SMILES string of the molecule is CCn1c(SCC(=O)N2CCC3(CC2)OCCO3)nnc1-c1ccco1. The van der Waals surface area contributed by atoms with Crippen molar-refractivity contribution in [3.8, 4) is 11.6 Å². The van der Waals surface area contributed by atoms with E-state index in [1.165, 1.54) is 11.8 Å². The van der Waals surface area contributed by atoms with E-state index in [9.17, 15) is 4.79 Å². The molecule has 0 aliphatic carbocycles. The number of carbonyl (C=O) groups excluding carboxylic acids is 1. The standard InChI is InChI=1S/C17H22N4O4S/c1-2-21-15(13-4-3-9-23-13)18-19-16(21)26-12-14(22)20-7-5-17(6-8-20)24-10-11-25-17/h3-4,9H,2,5-8,10-12H2,1H3. The van der Waals surface area contributed by atoms with E-state index in [1.54, 1.807) is 6.26 Å². The van der Waals surface area contributed by atoms with Crippen molar-refractivity contribution in [1.82, 2.24) is 19.7 Å². The second-order valence-corrected chi connectivity index (χ2v) is 7.25. The van der Waals surface area contributed by atoms with Crippen molar-refractivity contribution in [2.24, 2.45) is 0 Å². The van der Waals surface area contributed by atoms with Gasteiger partial charge in [0.2, 0.25) is 5.91 Å². The highest BCUT2D eigenvalue weighted by molar-refractivity contribution is 7.99. The number of hydrogen-bond donors (Lipinski definition) is 0. The summed E-state index contributed by atoms with van der Waals surface area (Å²) in [5.74, 6) is 1.35. The molecule has 2 aromatic rings. The monoisotopic (exact) mass is 378 g/mol. The number of rotatable bonds is 5. The molecule has 26 heavy (non-hydrogen) atoms. The third-order valence-electron chi connectivity index (χ3n) is 4.79. The first-order chi connectivity index (χ1) is 12.7. The zero-order valence-electron chi connectivity index (χ0n) is 14.7. The Labute approximate surface area is 155 Å². The molecule has 1 amide bonds. The van der Waals surface area contributed by atoms with Gasteiger partial charge in [0.1, 0.15) is 0 Å². The van der Waals surface area contributed by atoms with Gasteiger partial charge >= 0.3 is 0 Å². The third-order valence-corrected chi connectivity index (χ3v) is 5.74. The zero-order chi connectivity index (χ0) is 18.0. The number of ether oxygens (including phenoxy) is 2. The van der Waals surface area contributed by atoms with Crippen molar-refractivity contribution in [1.29, 1.82) is 0 Å². The minimum atomic E-state index is -0.454. The normalized spacial score (nSPS) is 19.3. The first-order valence-corrected chi connectivity index (χ1v) is 9.85. The fourth-order valence-electron chi connectivity index (χ4n) is 3.37. The van der Waals surface area contributed by atoms with Crippen LogP contribution in [0.25, 0.3) is 11.6 Å². The lowest BCUT2D eigenvalue weighted by Gasteiger charge is -2.37. The van der Waals surface area contributed by atoms with Crippen molar-refractivity contribution in [2.75, 3.05) is 32.1 Å². The molecular formula is C17H22N4O4S. The van der Waals surface area contributed by atoms with Crippen LogP contribution in [-0.2, 0) is 20.8 Å². The summed E-state index contributed by atoms with van der Waals surface area (Å²) < 4.78 is 18.8. The van der Waals surface area contributed by atoms with Gasteiger partial charge in [-0.2, -0.15) is 0 Å². The van der Waals surface area contributed by atoms with Crippen LogP contribution in [0.4, 0.5) is 0 Å². The summed E-state index contributed by atoms with van der Waals surface area (Å²) in [6, 6.07) is 3.67. The summed E-state index contributed by atoms with van der Waals surface area (Å²) in [5.41, 5.74) is 0. The highest BCUT2D eigenvalue weighted by atomic mass is 32.2. The van der Waals surface area contributed by atoms with Crippen LogP contribution in [0.2, 0.25) is 0 Å². The molecule has 2 fully saturated rings. The Morgan fingerprint density at radius 3 is 2.69 bits per heavy atom. The van der Waals surface area contributed by atoms with E-state index < -0.39 is 5.79 Å². The lowest BCUT2D eigenvalue weighted by Crippen LogP contribution is -2.47. The molecule has 0 radical (unpaired) electrons. The molecule has 0 atom stereocenters. The molecule has 2 aromatic heterocycles. The molecule has 0 N–H and O–H groups in total. The lowest BCUT2D eigenvalue weighted by atomic mass is 10.0. The molecule has 9 heteroatoms. The van der Waals surface area contributed by atoms with Crippen LogP contribution >= 0.6 is 11.8 Å². The van der Waals surface area contributed by atoms with E-state index in [2.05, 4.69) is 10.2 Å². The topological polar surface area (TPSA) is 82.6 Å². The van der Waals surface area contributed by atoms with Crippen molar-refractivity contribution in [3.05, 3.63) is 18.4 Å². The van der Waals surface area contributed by atoms with Gasteiger partial charge in [-0.1, -0.05) is 11.8 Å². The number of carbonyl (C=O) groups is 1. The largest absolute Gasteiger partial charge is 0.461 e. The molecule has 0 saturated carbocycles. The number of furan rings is 1. The number of aromatic nitrogens is 3. The van der Waals surface area contributed by atoms with E-state index in [0.717, 1.165) is 18.0 Å². The van der Waals surface area contributed by atoms with E-state index >= 15 is 0 Å². The smallest absolute Gasteiger partial charge is 0.233 e. The van der Waals surface area contributed by atoms with Crippen LogP contribution in [-0.4, -0.2) is 63.4 Å². The summed E-state index contributed by atoms with van der Waals surface area (Å²) in [5, 5.41) is 9.16. The molecule has 2 aliphatic rings. The van der Waals surface area contributed by atoms with Crippen molar-refractivity contribution >= 4 is 17.7 Å². The Kier molecular flexibility index (Phi) is 5.01. The van der Waals surface area contributed by atoms with Crippen LogP contribution in [0.5, 0.6) is 0 Å². The van der Waals surface area contributed by atoms with E-state index in [1.807, 2.05) is 28.5 Å². The second-order valence-electron chi connectivity index (χ2n) is 6.30. The molecule has 140 valence electrons. The number of amides is 1.